The lowest BCUT2D eigenvalue weighted by atomic mass is 10.1. The van der Waals surface area contributed by atoms with Gasteiger partial charge in [0.1, 0.15) is 11.8 Å². The van der Waals surface area contributed by atoms with Gasteiger partial charge in [0.15, 0.2) is 0 Å². The van der Waals surface area contributed by atoms with Crippen LogP contribution in [0.2, 0.25) is 0 Å². The molecule has 0 aromatic heterocycles. The first kappa shape index (κ1) is 13.5. The molecule has 0 aliphatic carbocycles. The summed E-state index contributed by atoms with van der Waals surface area (Å²) in [4.78, 5) is 11.2. The minimum atomic E-state index is -0.865. The predicted molar refractivity (Wildman–Crippen MR) is 66.3 cm³/mol. The lowest BCUT2D eigenvalue weighted by Crippen LogP contribution is -2.34. The topological polar surface area (TPSA) is 58.6 Å². The van der Waals surface area contributed by atoms with Crippen LogP contribution >= 0.6 is 0 Å². The van der Waals surface area contributed by atoms with E-state index >= 15 is 0 Å². The van der Waals surface area contributed by atoms with Crippen LogP contribution < -0.4 is 10.1 Å². The summed E-state index contributed by atoms with van der Waals surface area (Å²) in [5.74, 6) is -0.142. The molecule has 4 heteroatoms. The smallest absolute Gasteiger partial charge is 0.325 e. The molecule has 0 heterocycles. The van der Waals surface area contributed by atoms with E-state index in [0.717, 1.165) is 17.7 Å². The molecule has 2 N–H and O–H groups in total. The number of benzene rings is 1. The van der Waals surface area contributed by atoms with Crippen LogP contribution in [0.5, 0.6) is 5.75 Å². The number of ether oxygens (including phenoxy) is 1. The molecule has 0 fully saturated rings. The Balaban J connectivity index is 2.85. The second-order valence-electron chi connectivity index (χ2n) is 4.02. The Kier molecular flexibility index (Phi) is 4.97. The zero-order chi connectivity index (χ0) is 12.8. The van der Waals surface area contributed by atoms with Crippen molar-refractivity contribution in [2.24, 2.45) is 0 Å². The van der Waals surface area contributed by atoms with Crippen molar-refractivity contribution < 1.29 is 14.6 Å². The average molecular weight is 237 g/mol. The summed E-state index contributed by atoms with van der Waals surface area (Å²) in [6.45, 7) is 3.99. The molecule has 2 atom stereocenters. The number of hydrogen-bond acceptors (Lipinski definition) is 3. The number of methoxy groups -OCH3 is 1. The van der Waals surface area contributed by atoms with Gasteiger partial charge < -0.3 is 9.84 Å². The number of carbonyl (C=O) groups is 1. The van der Waals surface area contributed by atoms with Crippen LogP contribution in [0.4, 0.5) is 0 Å². The van der Waals surface area contributed by atoms with E-state index in [0.29, 0.717) is 0 Å². The van der Waals surface area contributed by atoms with Gasteiger partial charge in [-0.1, -0.05) is 19.1 Å². The first-order chi connectivity index (χ1) is 8.08. The highest BCUT2D eigenvalue weighted by Gasteiger charge is 2.20. The number of rotatable bonds is 6. The molecule has 0 radical (unpaired) electrons. The zero-order valence-corrected chi connectivity index (χ0v) is 10.4. The standard InChI is InChI=1S/C13H19NO3/c1-4-9(2)14-12(13(15)16)10-5-7-11(17-3)8-6-10/h5-9,12,14H,4H2,1-3H3,(H,15,16). The lowest BCUT2D eigenvalue weighted by Gasteiger charge is -2.19. The van der Waals surface area contributed by atoms with Gasteiger partial charge in [0.25, 0.3) is 0 Å². The minimum Gasteiger partial charge on any atom is -0.497 e. The maximum Gasteiger partial charge on any atom is 0.325 e. The van der Waals surface area contributed by atoms with Gasteiger partial charge in [-0.25, -0.2) is 0 Å². The Hall–Kier alpha value is -1.55. The third-order valence-electron chi connectivity index (χ3n) is 2.76. The van der Waals surface area contributed by atoms with Crippen LogP contribution in [-0.2, 0) is 4.79 Å². The Morgan fingerprint density at radius 3 is 2.41 bits per heavy atom. The maximum absolute atomic E-state index is 11.2. The van der Waals surface area contributed by atoms with Gasteiger partial charge in [0.05, 0.1) is 7.11 Å². The van der Waals surface area contributed by atoms with Crippen LogP contribution in [0.3, 0.4) is 0 Å². The van der Waals surface area contributed by atoms with Crippen molar-refractivity contribution in [1.29, 1.82) is 0 Å². The quantitative estimate of drug-likeness (QED) is 0.796. The lowest BCUT2D eigenvalue weighted by molar-refractivity contribution is -0.139. The molecule has 0 aliphatic heterocycles. The molecular formula is C13H19NO3. The van der Waals surface area contributed by atoms with Crippen molar-refractivity contribution in [3.05, 3.63) is 29.8 Å². The summed E-state index contributed by atoms with van der Waals surface area (Å²) >= 11 is 0. The normalized spacial score (nSPS) is 14.1. The fraction of sp³-hybridized carbons (Fsp3) is 0.462. The van der Waals surface area contributed by atoms with E-state index in [1.807, 2.05) is 13.8 Å². The van der Waals surface area contributed by atoms with Crippen molar-refractivity contribution >= 4 is 5.97 Å². The van der Waals surface area contributed by atoms with E-state index < -0.39 is 12.0 Å². The van der Waals surface area contributed by atoms with E-state index in [2.05, 4.69) is 5.32 Å². The summed E-state index contributed by atoms with van der Waals surface area (Å²) in [6, 6.07) is 6.57. The van der Waals surface area contributed by atoms with Crippen molar-refractivity contribution in [1.82, 2.24) is 5.32 Å². The highest BCUT2D eigenvalue weighted by atomic mass is 16.5. The van der Waals surface area contributed by atoms with Crippen LogP contribution in [0, 0.1) is 0 Å². The van der Waals surface area contributed by atoms with E-state index in [9.17, 15) is 9.90 Å². The summed E-state index contributed by atoms with van der Waals surface area (Å²) < 4.78 is 5.04. The second kappa shape index (κ2) is 6.25. The minimum absolute atomic E-state index is 0.165. The van der Waals surface area contributed by atoms with Gasteiger partial charge >= 0.3 is 5.97 Å². The van der Waals surface area contributed by atoms with E-state index in [1.54, 1.807) is 31.4 Å². The van der Waals surface area contributed by atoms with Crippen LogP contribution in [0.15, 0.2) is 24.3 Å². The van der Waals surface area contributed by atoms with Crippen molar-refractivity contribution in [2.45, 2.75) is 32.4 Å². The van der Waals surface area contributed by atoms with E-state index in [-0.39, 0.29) is 6.04 Å². The van der Waals surface area contributed by atoms with Crippen LogP contribution in [0.25, 0.3) is 0 Å². The maximum atomic E-state index is 11.2. The zero-order valence-electron chi connectivity index (χ0n) is 10.4. The molecule has 4 nitrogen and oxygen atoms in total. The molecule has 2 unspecified atom stereocenters. The molecule has 17 heavy (non-hydrogen) atoms. The molecule has 1 aromatic carbocycles. The number of aliphatic carboxylic acids is 1. The number of nitrogens with one attached hydrogen (secondary N) is 1. The molecule has 94 valence electrons. The van der Waals surface area contributed by atoms with Gasteiger partial charge in [0, 0.05) is 6.04 Å². The predicted octanol–water partition coefficient (Wildman–Crippen LogP) is 2.21. The molecule has 0 bridgehead atoms. The summed E-state index contributed by atoms with van der Waals surface area (Å²) in [7, 11) is 1.58. The van der Waals surface area contributed by atoms with E-state index in [4.69, 9.17) is 4.74 Å². The largest absolute Gasteiger partial charge is 0.497 e. The Morgan fingerprint density at radius 1 is 1.41 bits per heavy atom. The Bertz CT molecular complexity index is 361. The molecule has 0 spiro atoms. The highest BCUT2D eigenvalue weighted by molar-refractivity contribution is 5.75. The summed E-state index contributed by atoms with van der Waals surface area (Å²) in [5.41, 5.74) is 0.735. The van der Waals surface area contributed by atoms with Gasteiger partial charge in [0.2, 0.25) is 0 Å². The molecule has 1 aromatic rings. The first-order valence-corrected chi connectivity index (χ1v) is 5.71. The monoisotopic (exact) mass is 237 g/mol. The third-order valence-corrected chi connectivity index (χ3v) is 2.76. The Labute approximate surface area is 102 Å². The molecule has 0 amide bonds. The fourth-order valence-corrected chi connectivity index (χ4v) is 1.51. The molecule has 0 saturated heterocycles. The van der Waals surface area contributed by atoms with Crippen molar-refractivity contribution in [3.63, 3.8) is 0 Å². The summed E-state index contributed by atoms with van der Waals surface area (Å²) in [6.07, 6.45) is 0.889. The second-order valence-corrected chi connectivity index (χ2v) is 4.02. The average Bonchev–Trinajstić information content (AvgIpc) is 2.35. The van der Waals surface area contributed by atoms with Gasteiger partial charge in [-0.2, -0.15) is 0 Å². The van der Waals surface area contributed by atoms with Gasteiger partial charge in [-0.05, 0) is 31.0 Å². The molecule has 0 saturated carbocycles. The molecule has 0 aliphatic rings. The van der Waals surface area contributed by atoms with Gasteiger partial charge in [-0.3, -0.25) is 10.1 Å². The highest BCUT2D eigenvalue weighted by Crippen LogP contribution is 2.18. The molecular weight excluding hydrogens is 218 g/mol. The number of hydrogen-bond donors (Lipinski definition) is 2. The summed E-state index contributed by atoms with van der Waals surface area (Å²) in [5, 5.41) is 12.3. The molecule has 1 rings (SSSR count). The van der Waals surface area contributed by atoms with Crippen LogP contribution in [0.1, 0.15) is 31.9 Å². The van der Waals surface area contributed by atoms with Crippen LogP contribution in [-0.4, -0.2) is 24.2 Å². The van der Waals surface area contributed by atoms with E-state index in [1.165, 1.54) is 0 Å². The third kappa shape index (κ3) is 3.75. The first-order valence-electron chi connectivity index (χ1n) is 5.71. The number of carboxylic acid groups (broad SMARTS) is 1. The van der Waals surface area contributed by atoms with Crippen molar-refractivity contribution in [2.75, 3.05) is 7.11 Å². The SMILES string of the molecule is CCC(C)NC(C(=O)O)c1ccc(OC)cc1. The fourth-order valence-electron chi connectivity index (χ4n) is 1.51. The Morgan fingerprint density at radius 2 is 2.00 bits per heavy atom. The van der Waals surface area contributed by atoms with Crippen molar-refractivity contribution in [3.8, 4) is 5.75 Å². The number of carboxylic acids is 1. The van der Waals surface area contributed by atoms with Gasteiger partial charge in [-0.15, -0.1) is 0 Å².